The number of aryl methyl sites for hydroxylation is 1. The number of aromatic nitrogens is 1. The normalized spacial score (nSPS) is 15.2. The molecule has 1 aromatic heterocycles. The van der Waals surface area contributed by atoms with E-state index in [2.05, 4.69) is 18.4 Å². The van der Waals surface area contributed by atoms with Gasteiger partial charge in [-0.2, -0.15) is 0 Å². The number of ketones is 1. The predicted octanol–water partition coefficient (Wildman–Crippen LogP) is 3.60. The van der Waals surface area contributed by atoms with Crippen LogP contribution in [0.15, 0.2) is 24.3 Å². The first-order valence-corrected chi connectivity index (χ1v) is 9.87. The van der Waals surface area contributed by atoms with Gasteiger partial charge in [-0.15, -0.1) is 0 Å². The Hall–Kier alpha value is -2.54. The van der Waals surface area contributed by atoms with Gasteiger partial charge in [0.05, 0.1) is 6.54 Å². The van der Waals surface area contributed by atoms with Crippen LogP contribution in [0, 0.1) is 25.5 Å². The molecule has 1 aromatic carbocycles. The summed E-state index contributed by atoms with van der Waals surface area (Å²) in [6.45, 7) is 10.5. The minimum Gasteiger partial charge on any atom is -0.346 e. The van der Waals surface area contributed by atoms with Crippen molar-refractivity contribution >= 4 is 11.7 Å². The van der Waals surface area contributed by atoms with Crippen LogP contribution in [0.3, 0.4) is 0 Å². The van der Waals surface area contributed by atoms with Gasteiger partial charge in [-0.25, -0.2) is 8.78 Å². The van der Waals surface area contributed by atoms with Crippen molar-refractivity contribution in [2.75, 3.05) is 32.7 Å². The van der Waals surface area contributed by atoms with Gasteiger partial charge in [0.25, 0.3) is 5.91 Å². The molecule has 0 N–H and O–H groups in total. The minimum atomic E-state index is -1.03. The fourth-order valence-electron chi connectivity index (χ4n) is 4.06. The lowest BCUT2D eigenvalue weighted by molar-refractivity contribution is 0.0624. The smallest absolute Gasteiger partial charge is 0.254 e. The second-order valence-corrected chi connectivity index (χ2v) is 7.87. The molecule has 7 heteroatoms. The lowest BCUT2D eigenvalue weighted by Gasteiger charge is -2.34. The zero-order chi connectivity index (χ0) is 21.3. The number of Topliss-reactive ketones (excluding diaryl/α,β-unsaturated/α-hetero) is 1. The Morgan fingerprint density at radius 1 is 1.00 bits per heavy atom. The van der Waals surface area contributed by atoms with E-state index in [-0.39, 0.29) is 17.3 Å². The van der Waals surface area contributed by atoms with Gasteiger partial charge in [0.15, 0.2) is 17.4 Å². The summed E-state index contributed by atoms with van der Waals surface area (Å²) in [6, 6.07) is 5.42. The van der Waals surface area contributed by atoms with E-state index < -0.39 is 11.6 Å². The number of amides is 1. The summed E-state index contributed by atoms with van der Waals surface area (Å²) in [4.78, 5) is 29.0. The Balaban J connectivity index is 1.60. The molecule has 3 rings (SSSR count). The molecule has 29 heavy (non-hydrogen) atoms. The van der Waals surface area contributed by atoms with E-state index in [1.54, 1.807) is 4.90 Å². The molecule has 2 heterocycles. The molecule has 0 saturated carbocycles. The summed E-state index contributed by atoms with van der Waals surface area (Å²) in [5, 5.41) is 0. The summed E-state index contributed by atoms with van der Waals surface area (Å²) < 4.78 is 28.6. The van der Waals surface area contributed by atoms with E-state index in [1.165, 1.54) is 6.07 Å². The Morgan fingerprint density at radius 2 is 1.66 bits per heavy atom. The molecule has 1 aliphatic rings. The lowest BCUT2D eigenvalue weighted by Crippen LogP contribution is -2.50. The number of halogens is 2. The van der Waals surface area contributed by atoms with Gasteiger partial charge in [0.2, 0.25) is 0 Å². The van der Waals surface area contributed by atoms with Gasteiger partial charge in [0.1, 0.15) is 0 Å². The summed E-state index contributed by atoms with van der Waals surface area (Å²) >= 11 is 0. The van der Waals surface area contributed by atoms with E-state index in [4.69, 9.17) is 0 Å². The number of piperazine rings is 1. The molecule has 0 spiro atoms. The van der Waals surface area contributed by atoms with Crippen molar-refractivity contribution in [3.8, 4) is 0 Å². The van der Waals surface area contributed by atoms with Crippen LogP contribution in [-0.2, 0) is 0 Å². The molecule has 0 unspecified atom stereocenters. The zero-order valence-corrected chi connectivity index (χ0v) is 17.3. The number of hydrogen-bond acceptors (Lipinski definition) is 3. The van der Waals surface area contributed by atoms with Crippen molar-refractivity contribution in [1.82, 2.24) is 14.4 Å². The molecule has 0 aliphatic carbocycles. The third kappa shape index (κ3) is 4.40. The summed E-state index contributed by atoms with van der Waals surface area (Å²) in [7, 11) is 0. The molecule has 1 amide bonds. The molecular formula is C22H27F2N3O2. The van der Waals surface area contributed by atoms with Crippen LogP contribution in [0.4, 0.5) is 8.78 Å². The number of nitrogens with zero attached hydrogens (tertiary/aromatic N) is 3. The van der Waals surface area contributed by atoms with Gasteiger partial charge < -0.3 is 9.47 Å². The minimum absolute atomic E-state index is 0.0744. The molecular weight excluding hydrogens is 376 g/mol. The highest BCUT2D eigenvalue weighted by Gasteiger charge is 2.25. The van der Waals surface area contributed by atoms with Gasteiger partial charge in [0, 0.05) is 54.7 Å². The average Bonchev–Trinajstić information content (AvgIpc) is 2.98. The largest absolute Gasteiger partial charge is 0.346 e. The quantitative estimate of drug-likeness (QED) is 0.717. The van der Waals surface area contributed by atoms with Crippen molar-refractivity contribution < 1.29 is 18.4 Å². The van der Waals surface area contributed by atoms with E-state index in [0.29, 0.717) is 38.8 Å². The molecule has 0 atom stereocenters. The van der Waals surface area contributed by atoms with E-state index in [1.807, 2.05) is 24.8 Å². The number of rotatable bonds is 5. The van der Waals surface area contributed by atoms with Crippen LogP contribution in [-0.4, -0.2) is 58.8 Å². The van der Waals surface area contributed by atoms with E-state index in [0.717, 1.165) is 29.1 Å². The molecule has 1 aliphatic heterocycles. The van der Waals surface area contributed by atoms with Crippen molar-refractivity contribution in [3.63, 3.8) is 0 Å². The first-order valence-electron chi connectivity index (χ1n) is 9.87. The second kappa shape index (κ2) is 8.45. The number of carbonyl (C=O) groups excluding carboxylic acids is 2. The maximum Gasteiger partial charge on any atom is 0.254 e. The Bertz CT molecular complexity index is 928. The fraction of sp³-hybridized carbons (Fsp3) is 0.455. The summed E-state index contributed by atoms with van der Waals surface area (Å²) in [5.74, 6) is -2.25. The van der Waals surface area contributed by atoms with Crippen molar-refractivity contribution in [2.45, 2.75) is 33.7 Å². The zero-order valence-electron chi connectivity index (χ0n) is 17.3. The topological polar surface area (TPSA) is 45.6 Å². The van der Waals surface area contributed by atoms with Crippen LogP contribution < -0.4 is 0 Å². The SMILES string of the molecule is Cc1cc(C(=O)CN2CCN(C(=O)c3ccc(F)c(F)c3)CC2)c(C)n1C(C)C. The van der Waals surface area contributed by atoms with E-state index >= 15 is 0 Å². The standard InChI is InChI=1S/C22H27F2N3O2/c1-14(2)27-15(3)11-18(16(27)4)21(28)13-25-7-9-26(10-8-25)22(29)17-5-6-19(23)20(24)12-17/h5-6,11-12,14H,7-10,13H2,1-4H3. The van der Waals surface area contributed by atoms with Crippen LogP contribution in [0.1, 0.15) is 52.0 Å². The first kappa shape index (κ1) is 21.2. The van der Waals surface area contributed by atoms with Crippen molar-refractivity contribution in [1.29, 1.82) is 0 Å². The molecule has 1 fully saturated rings. The molecule has 5 nitrogen and oxygen atoms in total. The van der Waals surface area contributed by atoms with Gasteiger partial charge in [-0.3, -0.25) is 14.5 Å². The highest BCUT2D eigenvalue weighted by molar-refractivity contribution is 5.99. The first-order chi connectivity index (χ1) is 13.7. The van der Waals surface area contributed by atoms with Crippen LogP contribution >= 0.6 is 0 Å². The lowest BCUT2D eigenvalue weighted by atomic mass is 10.1. The maximum absolute atomic E-state index is 13.4. The predicted molar refractivity (Wildman–Crippen MR) is 107 cm³/mol. The van der Waals surface area contributed by atoms with Crippen molar-refractivity contribution in [3.05, 3.63) is 58.4 Å². The third-order valence-electron chi connectivity index (χ3n) is 5.49. The Morgan fingerprint density at radius 3 is 2.21 bits per heavy atom. The Labute approximate surface area is 169 Å². The Kier molecular flexibility index (Phi) is 6.17. The monoisotopic (exact) mass is 403 g/mol. The molecule has 156 valence electrons. The number of carbonyl (C=O) groups is 2. The molecule has 2 aromatic rings. The van der Waals surface area contributed by atoms with Gasteiger partial charge in [-0.1, -0.05) is 0 Å². The van der Waals surface area contributed by atoms with Gasteiger partial charge >= 0.3 is 0 Å². The number of hydrogen-bond donors (Lipinski definition) is 0. The highest BCUT2D eigenvalue weighted by Crippen LogP contribution is 2.21. The summed E-state index contributed by atoms with van der Waals surface area (Å²) in [6.07, 6.45) is 0. The van der Waals surface area contributed by atoms with Gasteiger partial charge in [-0.05, 0) is 52.0 Å². The second-order valence-electron chi connectivity index (χ2n) is 7.87. The maximum atomic E-state index is 13.4. The van der Waals surface area contributed by atoms with Crippen LogP contribution in [0.5, 0.6) is 0 Å². The highest BCUT2D eigenvalue weighted by atomic mass is 19.2. The summed E-state index contributed by atoms with van der Waals surface area (Å²) in [5.41, 5.74) is 2.93. The third-order valence-corrected chi connectivity index (χ3v) is 5.49. The average molecular weight is 403 g/mol. The van der Waals surface area contributed by atoms with Crippen molar-refractivity contribution in [2.24, 2.45) is 0 Å². The molecule has 0 bridgehead atoms. The van der Waals surface area contributed by atoms with Crippen LogP contribution in [0.2, 0.25) is 0 Å². The molecule has 1 saturated heterocycles. The number of benzene rings is 1. The van der Waals surface area contributed by atoms with E-state index in [9.17, 15) is 18.4 Å². The molecule has 0 radical (unpaired) electrons. The fourth-order valence-corrected chi connectivity index (χ4v) is 4.06. The van der Waals surface area contributed by atoms with Crippen LogP contribution in [0.25, 0.3) is 0 Å².